The van der Waals surface area contributed by atoms with Gasteiger partial charge in [0.2, 0.25) is 0 Å². The Morgan fingerprint density at radius 2 is 1.71 bits per heavy atom. The Morgan fingerprint density at radius 3 is 2.44 bits per heavy atom. The highest BCUT2D eigenvalue weighted by molar-refractivity contribution is 5.96. The van der Waals surface area contributed by atoms with Crippen molar-refractivity contribution in [1.29, 1.82) is 0 Å². The third-order valence-electron chi connectivity index (χ3n) is 8.39. The van der Waals surface area contributed by atoms with E-state index in [2.05, 4.69) is 59.4 Å². The monoisotopic (exact) mass is 456 g/mol. The molecule has 3 aliphatic rings. The van der Waals surface area contributed by atoms with Gasteiger partial charge in [-0.05, 0) is 114 Å². The number of aromatic nitrogens is 2. The van der Waals surface area contributed by atoms with Gasteiger partial charge in [0.05, 0.1) is 5.69 Å². The summed E-state index contributed by atoms with van der Waals surface area (Å²) >= 11 is 0. The van der Waals surface area contributed by atoms with E-state index in [0.29, 0.717) is 0 Å². The van der Waals surface area contributed by atoms with Gasteiger partial charge < -0.3 is 9.80 Å². The summed E-state index contributed by atoms with van der Waals surface area (Å²) < 4.78 is 2.56. The first-order chi connectivity index (χ1) is 16.6. The quantitative estimate of drug-likeness (QED) is 0.427. The molecule has 0 unspecified atom stereocenters. The minimum Gasteiger partial charge on any atom is -0.369 e. The first-order valence-corrected chi connectivity index (χ1v) is 13.7. The van der Waals surface area contributed by atoms with Crippen LogP contribution in [0.3, 0.4) is 0 Å². The van der Waals surface area contributed by atoms with Crippen molar-refractivity contribution in [3.05, 3.63) is 52.3 Å². The summed E-state index contributed by atoms with van der Waals surface area (Å²) in [4.78, 5) is 10.7. The molecule has 0 spiro atoms. The smallest absolute Gasteiger partial charge is 0.147 e. The summed E-state index contributed by atoms with van der Waals surface area (Å²) in [5.74, 6) is 0.874. The van der Waals surface area contributed by atoms with Gasteiger partial charge in [-0.2, -0.15) is 0 Å². The standard InChI is InChI=1S/C30H40N4/c1-21-9-8-10-22(2)29(21)34-26-12-5-4-11-25(26)28-27(19-23(3)31-30(28)34)33(20-24-13-14-24)18-17-32-15-6-7-16-32/h8-10,19,24H,4-7,11-18,20H2,1-3H3. The molecule has 3 aromatic rings. The predicted molar refractivity (Wildman–Crippen MR) is 143 cm³/mol. The summed E-state index contributed by atoms with van der Waals surface area (Å²) in [5, 5.41) is 1.45. The highest BCUT2D eigenvalue weighted by atomic mass is 15.2. The van der Waals surface area contributed by atoms with Crippen LogP contribution in [-0.2, 0) is 12.8 Å². The van der Waals surface area contributed by atoms with E-state index in [1.165, 1.54) is 110 Å². The van der Waals surface area contributed by atoms with Crippen LogP contribution in [0.5, 0.6) is 0 Å². The second-order valence-corrected chi connectivity index (χ2v) is 11.1. The van der Waals surface area contributed by atoms with Gasteiger partial charge in [0, 0.05) is 42.1 Å². The van der Waals surface area contributed by atoms with Gasteiger partial charge in [0.1, 0.15) is 5.65 Å². The zero-order chi connectivity index (χ0) is 23.2. The molecule has 4 nitrogen and oxygen atoms in total. The van der Waals surface area contributed by atoms with Crippen LogP contribution in [0.2, 0.25) is 0 Å². The SMILES string of the molecule is Cc1cc(N(CCN2CCCC2)CC2CC2)c2c3c(n(-c4c(C)cccc4C)c2n1)CCCC3. The number of anilines is 1. The lowest BCUT2D eigenvalue weighted by Gasteiger charge is -2.29. The molecule has 2 fully saturated rings. The molecule has 0 atom stereocenters. The van der Waals surface area contributed by atoms with E-state index in [4.69, 9.17) is 4.98 Å². The Labute approximate surface area is 205 Å². The molecule has 0 bridgehead atoms. The van der Waals surface area contributed by atoms with Crippen LogP contribution in [0.15, 0.2) is 24.3 Å². The van der Waals surface area contributed by atoms with Gasteiger partial charge in [-0.15, -0.1) is 0 Å². The average Bonchev–Trinajstić information content (AvgIpc) is 3.38. The molecule has 1 aliphatic heterocycles. The van der Waals surface area contributed by atoms with Crippen LogP contribution >= 0.6 is 0 Å². The maximum Gasteiger partial charge on any atom is 0.147 e. The number of nitrogens with zero attached hydrogens (tertiary/aromatic N) is 4. The second-order valence-electron chi connectivity index (χ2n) is 11.1. The van der Waals surface area contributed by atoms with Crippen LogP contribution in [0.25, 0.3) is 16.7 Å². The average molecular weight is 457 g/mol. The molecule has 1 aromatic carbocycles. The van der Waals surface area contributed by atoms with Crippen LogP contribution in [-0.4, -0.2) is 47.2 Å². The lowest BCUT2D eigenvalue weighted by atomic mass is 9.95. The van der Waals surface area contributed by atoms with Crippen molar-refractivity contribution in [2.75, 3.05) is 37.6 Å². The van der Waals surface area contributed by atoms with E-state index < -0.39 is 0 Å². The molecule has 1 saturated heterocycles. The summed E-state index contributed by atoms with van der Waals surface area (Å²) in [6.07, 6.45) is 10.5. The lowest BCUT2D eigenvalue weighted by molar-refractivity contribution is 0.344. The van der Waals surface area contributed by atoms with Gasteiger partial charge in [-0.25, -0.2) is 4.98 Å². The zero-order valence-electron chi connectivity index (χ0n) is 21.4. The predicted octanol–water partition coefficient (Wildman–Crippen LogP) is 6.14. The maximum atomic E-state index is 5.24. The molecule has 2 aromatic heterocycles. The number of aryl methyl sites for hydroxylation is 4. The summed E-state index contributed by atoms with van der Waals surface area (Å²) in [5.41, 5.74) is 10.9. The number of hydrogen-bond acceptors (Lipinski definition) is 3. The molecule has 0 N–H and O–H groups in total. The van der Waals surface area contributed by atoms with Gasteiger partial charge in [-0.1, -0.05) is 18.2 Å². The van der Waals surface area contributed by atoms with Crippen molar-refractivity contribution >= 4 is 16.7 Å². The second kappa shape index (κ2) is 9.03. The summed E-state index contributed by atoms with van der Waals surface area (Å²) in [6, 6.07) is 9.11. The molecule has 0 radical (unpaired) electrons. The fourth-order valence-electron chi connectivity index (χ4n) is 6.46. The van der Waals surface area contributed by atoms with Gasteiger partial charge in [0.25, 0.3) is 0 Å². The van der Waals surface area contributed by atoms with Crippen molar-refractivity contribution in [3.63, 3.8) is 0 Å². The van der Waals surface area contributed by atoms with E-state index in [0.717, 1.165) is 24.6 Å². The Bertz CT molecular complexity index is 1180. The molecule has 6 rings (SSSR count). The van der Waals surface area contributed by atoms with E-state index in [-0.39, 0.29) is 0 Å². The number of likely N-dealkylation sites (tertiary alicyclic amines) is 1. The number of pyridine rings is 1. The molecule has 0 amide bonds. The Kier molecular flexibility index (Phi) is 5.89. The van der Waals surface area contributed by atoms with Crippen molar-refractivity contribution in [3.8, 4) is 5.69 Å². The van der Waals surface area contributed by atoms with Crippen LogP contribution in [0.1, 0.15) is 66.6 Å². The Balaban J connectivity index is 1.52. The minimum atomic E-state index is 0.874. The molecular formula is C30H40N4. The molecule has 1 saturated carbocycles. The largest absolute Gasteiger partial charge is 0.369 e. The number of hydrogen-bond donors (Lipinski definition) is 0. The van der Waals surface area contributed by atoms with Gasteiger partial charge in [0.15, 0.2) is 0 Å². The van der Waals surface area contributed by atoms with Crippen LogP contribution < -0.4 is 4.90 Å². The molecule has 2 aliphatic carbocycles. The third kappa shape index (κ3) is 4.04. The van der Waals surface area contributed by atoms with Crippen molar-refractivity contribution in [1.82, 2.24) is 14.5 Å². The third-order valence-corrected chi connectivity index (χ3v) is 8.39. The van der Waals surface area contributed by atoms with E-state index in [9.17, 15) is 0 Å². The van der Waals surface area contributed by atoms with Gasteiger partial charge >= 0.3 is 0 Å². The highest BCUT2D eigenvalue weighted by Crippen LogP contribution is 2.41. The minimum absolute atomic E-state index is 0.874. The summed E-state index contributed by atoms with van der Waals surface area (Å²) in [6.45, 7) is 12.8. The lowest BCUT2D eigenvalue weighted by Crippen LogP contribution is -2.35. The van der Waals surface area contributed by atoms with E-state index >= 15 is 0 Å². The maximum absolute atomic E-state index is 5.24. The number of fused-ring (bicyclic) bond motifs is 3. The fourth-order valence-corrected chi connectivity index (χ4v) is 6.46. The normalized spacial score (nSPS) is 18.6. The fraction of sp³-hybridized carbons (Fsp3) is 0.567. The molecule has 180 valence electrons. The number of rotatable bonds is 7. The molecule has 3 heterocycles. The van der Waals surface area contributed by atoms with Crippen LogP contribution in [0, 0.1) is 26.7 Å². The molecular weight excluding hydrogens is 416 g/mol. The van der Waals surface area contributed by atoms with Crippen LogP contribution in [0.4, 0.5) is 5.69 Å². The Morgan fingerprint density at radius 1 is 0.971 bits per heavy atom. The number of para-hydroxylation sites is 1. The van der Waals surface area contributed by atoms with Crippen molar-refractivity contribution in [2.45, 2.75) is 72.1 Å². The van der Waals surface area contributed by atoms with Gasteiger partial charge in [-0.3, -0.25) is 4.57 Å². The first-order valence-electron chi connectivity index (χ1n) is 13.7. The number of benzene rings is 1. The molecule has 4 heteroatoms. The zero-order valence-corrected chi connectivity index (χ0v) is 21.4. The van der Waals surface area contributed by atoms with Crippen molar-refractivity contribution < 1.29 is 0 Å². The highest BCUT2D eigenvalue weighted by Gasteiger charge is 2.30. The molecule has 34 heavy (non-hydrogen) atoms. The van der Waals surface area contributed by atoms with E-state index in [1.807, 2.05) is 0 Å². The Hall–Kier alpha value is -2.33. The first kappa shape index (κ1) is 22.2. The summed E-state index contributed by atoms with van der Waals surface area (Å²) in [7, 11) is 0. The van der Waals surface area contributed by atoms with E-state index in [1.54, 1.807) is 5.56 Å². The van der Waals surface area contributed by atoms with Crippen molar-refractivity contribution in [2.24, 2.45) is 5.92 Å². The topological polar surface area (TPSA) is 24.3 Å².